The molecule has 19 heavy (non-hydrogen) atoms. The quantitative estimate of drug-likeness (QED) is 0.894. The summed E-state index contributed by atoms with van der Waals surface area (Å²) in [7, 11) is 0. The van der Waals surface area contributed by atoms with Crippen LogP contribution in [-0.2, 0) is 0 Å². The zero-order valence-corrected chi connectivity index (χ0v) is 10.8. The van der Waals surface area contributed by atoms with Crippen LogP contribution in [0.5, 0.6) is 5.75 Å². The number of rotatable bonds is 5. The molecule has 2 aromatic rings. The molecule has 0 saturated carbocycles. The lowest BCUT2D eigenvalue weighted by atomic mass is 9.99. The Labute approximate surface area is 112 Å². The minimum absolute atomic E-state index is 0.00122. The maximum atomic E-state index is 13.0. The fourth-order valence-electron chi connectivity index (χ4n) is 1.93. The van der Waals surface area contributed by atoms with Gasteiger partial charge in [-0.2, -0.15) is 0 Å². The second kappa shape index (κ2) is 6.34. The molecule has 0 amide bonds. The van der Waals surface area contributed by atoms with Crippen LogP contribution in [0.2, 0.25) is 0 Å². The summed E-state index contributed by atoms with van der Waals surface area (Å²) in [4.78, 5) is 0. The second-order valence-corrected chi connectivity index (χ2v) is 4.56. The molecule has 3 heteroatoms. The molecule has 0 spiro atoms. The van der Waals surface area contributed by atoms with Gasteiger partial charge < -0.3 is 9.84 Å². The standard InChI is InChI=1S/C16H17FO2/c1-12-4-2-5-13(8-12)14(10-18)11-19-16-7-3-6-15(17)9-16/h2-9,14,18H,10-11H2,1H3. The molecule has 1 atom stereocenters. The van der Waals surface area contributed by atoms with Crippen LogP contribution >= 0.6 is 0 Å². The smallest absolute Gasteiger partial charge is 0.126 e. The lowest BCUT2D eigenvalue weighted by Gasteiger charge is -2.16. The molecule has 2 rings (SSSR count). The number of benzene rings is 2. The van der Waals surface area contributed by atoms with E-state index in [2.05, 4.69) is 0 Å². The molecule has 0 saturated heterocycles. The van der Waals surface area contributed by atoms with Crippen molar-refractivity contribution in [2.45, 2.75) is 12.8 Å². The molecule has 0 bridgehead atoms. The van der Waals surface area contributed by atoms with E-state index in [0.717, 1.165) is 11.1 Å². The maximum Gasteiger partial charge on any atom is 0.126 e. The van der Waals surface area contributed by atoms with E-state index in [-0.39, 0.29) is 18.3 Å². The highest BCUT2D eigenvalue weighted by atomic mass is 19.1. The maximum absolute atomic E-state index is 13.0. The van der Waals surface area contributed by atoms with Gasteiger partial charge in [0.05, 0.1) is 13.2 Å². The monoisotopic (exact) mass is 260 g/mol. The van der Waals surface area contributed by atoms with E-state index < -0.39 is 0 Å². The van der Waals surface area contributed by atoms with Gasteiger partial charge in [-0.25, -0.2) is 4.39 Å². The normalized spacial score (nSPS) is 12.2. The van der Waals surface area contributed by atoms with E-state index in [1.165, 1.54) is 12.1 Å². The van der Waals surface area contributed by atoms with Crippen LogP contribution in [0.3, 0.4) is 0 Å². The average Bonchev–Trinajstić information content (AvgIpc) is 2.40. The molecule has 2 nitrogen and oxygen atoms in total. The highest BCUT2D eigenvalue weighted by Gasteiger charge is 2.11. The minimum atomic E-state index is -0.325. The van der Waals surface area contributed by atoms with Crippen molar-refractivity contribution in [1.82, 2.24) is 0 Å². The fourth-order valence-corrected chi connectivity index (χ4v) is 1.93. The Morgan fingerprint density at radius 1 is 1.16 bits per heavy atom. The molecular weight excluding hydrogens is 243 g/mol. The summed E-state index contributed by atoms with van der Waals surface area (Å²) in [5, 5.41) is 9.45. The summed E-state index contributed by atoms with van der Waals surface area (Å²) < 4.78 is 18.6. The number of aliphatic hydroxyl groups excluding tert-OH is 1. The molecule has 0 heterocycles. The molecular formula is C16H17FO2. The molecule has 0 aliphatic heterocycles. The van der Waals surface area contributed by atoms with Crippen molar-refractivity contribution < 1.29 is 14.2 Å². The third kappa shape index (κ3) is 3.80. The second-order valence-electron chi connectivity index (χ2n) is 4.56. The van der Waals surface area contributed by atoms with Crippen molar-refractivity contribution in [3.05, 3.63) is 65.5 Å². The lowest BCUT2D eigenvalue weighted by Crippen LogP contribution is -2.14. The van der Waals surface area contributed by atoms with Gasteiger partial charge in [0.15, 0.2) is 0 Å². The van der Waals surface area contributed by atoms with E-state index in [4.69, 9.17) is 4.74 Å². The molecule has 1 N–H and O–H groups in total. The summed E-state index contributed by atoms with van der Waals surface area (Å²) >= 11 is 0. The lowest BCUT2D eigenvalue weighted by molar-refractivity contribution is 0.204. The van der Waals surface area contributed by atoms with Crippen molar-refractivity contribution in [3.8, 4) is 5.75 Å². The van der Waals surface area contributed by atoms with Gasteiger partial charge in [0, 0.05) is 12.0 Å². The predicted octanol–water partition coefficient (Wildman–Crippen LogP) is 3.29. The van der Waals surface area contributed by atoms with Crippen LogP contribution in [0.4, 0.5) is 4.39 Å². The van der Waals surface area contributed by atoms with Crippen molar-refractivity contribution in [1.29, 1.82) is 0 Å². The molecule has 0 aliphatic carbocycles. The Bertz CT molecular complexity index is 540. The molecule has 0 aliphatic rings. The van der Waals surface area contributed by atoms with E-state index in [0.29, 0.717) is 12.4 Å². The molecule has 0 radical (unpaired) electrons. The van der Waals surface area contributed by atoms with Crippen molar-refractivity contribution in [3.63, 3.8) is 0 Å². The van der Waals surface area contributed by atoms with Gasteiger partial charge in [-0.3, -0.25) is 0 Å². The summed E-state index contributed by atoms with van der Waals surface area (Å²) in [5.74, 6) is 0.0443. The van der Waals surface area contributed by atoms with Gasteiger partial charge in [0.1, 0.15) is 11.6 Å². The van der Waals surface area contributed by atoms with Gasteiger partial charge >= 0.3 is 0 Å². The first-order valence-electron chi connectivity index (χ1n) is 6.25. The summed E-state index contributed by atoms with van der Waals surface area (Å²) in [6, 6.07) is 14.0. The summed E-state index contributed by atoms with van der Waals surface area (Å²) in [5.41, 5.74) is 2.17. The van der Waals surface area contributed by atoms with Gasteiger partial charge in [-0.05, 0) is 24.6 Å². The van der Waals surface area contributed by atoms with E-state index in [9.17, 15) is 9.50 Å². The number of halogens is 1. The zero-order valence-electron chi connectivity index (χ0n) is 10.8. The fraction of sp³-hybridized carbons (Fsp3) is 0.250. The van der Waals surface area contributed by atoms with Crippen molar-refractivity contribution in [2.24, 2.45) is 0 Å². The zero-order chi connectivity index (χ0) is 13.7. The number of ether oxygens (including phenoxy) is 1. The highest BCUT2D eigenvalue weighted by molar-refractivity contribution is 5.27. The van der Waals surface area contributed by atoms with Gasteiger partial charge in [-0.1, -0.05) is 35.9 Å². The Morgan fingerprint density at radius 3 is 2.63 bits per heavy atom. The predicted molar refractivity (Wildman–Crippen MR) is 72.9 cm³/mol. The Kier molecular flexibility index (Phi) is 4.53. The van der Waals surface area contributed by atoms with Gasteiger partial charge in [0.2, 0.25) is 0 Å². The van der Waals surface area contributed by atoms with E-state index >= 15 is 0 Å². The van der Waals surface area contributed by atoms with Crippen LogP contribution in [0, 0.1) is 12.7 Å². The van der Waals surface area contributed by atoms with Crippen LogP contribution in [0.1, 0.15) is 17.0 Å². The van der Waals surface area contributed by atoms with Crippen LogP contribution in [0.15, 0.2) is 48.5 Å². The Balaban J connectivity index is 2.04. The summed E-state index contributed by atoms with van der Waals surface area (Å²) in [6.07, 6.45) is 0. The highest BCUT2D eigenvalue weighted by Crippen LogP contribution is 2.19. The Morgan fingerprint density at radius 2 is 1.95 bits per heavy atom. The molecule has 0 aromatic heterocycles. The van der Waals surface area contributed by atoms with Crippen LogP contribution in [-0.4, -0.2) is 18.3 Å². The first-order chi connectivity index (χ1) is 9.19. The van der Waals surface area contributed by atoms with E-state index in [1.54, 1.807) is 12.1 Å². The molecule has 100 valence electrons. The number of hydrogen-bond acceptors (Lipinski definition) is 2. The van der Waals surface area contributed by atoms with Crippen molar-refractivity contribution in [2.75, 3.05) is 13.2 Å². The first-order valence-corrected chi connectivity index (χ1v) is 6.25. The van der Waals surface area contributed by atoms with Crippen LogP contribution < -0.4 is 4.74 Å². The van der Waals surface area contributed by atoms with E-state index in [1.807, 2.05) is 31.2 Å². The SMILES string of the molecule is Cc1cccc(C(CO)COc2cccc(F)c2)c1. The number of aryl methyl sites for hydroxylation is 1. The van der Waals surface area contributed by atoms with Crippen molar-refractivity contribution >= 4 is 0 Å². The van der Waals surface area contributed by atoms with Crippen LogP contribution in [0.25, 0.3) is 0 Å². The van der Waals surface area contributed by atoms with Gasteiger partial charge in [0.25, 0.3) is 0 Å². The summed E-state index contributed by atoms with van der Waals surface area (Å²) in [6.45, 7) is 2.33. The largest absolute Gasteiger partial charge is 0.493 e. The molecule has 2 aromatic carbocycles. The number of hydrogen-bond donors (Lipinski definition) is 1. The average molecular weight is 260 g/mol. The third-order valence-electron chi connectivity index (χ3n) is 2.98. The third-order valence-corrected chi connectivity index (χ3v) is 2.98. The molecule has 1 unspecified atom stereocenters. The Hall–Kier alpha value is -1.87. The molecule has 0 fully saturated rings. The van der Waals surface area contributed by atoms with Gasteiger partial charge in [-0.15, -0.1) is 0 Å². The minimum Gasteiger partial charge on any atom is -0.493 e. The number of aliphatic hydroxyl groups is 1. The first kappa shape index (κ1) is 13.6. The topological polar surface area (TPSA) is 29.5 Å².